The molecule has 0 saturated heterocycles. The molecular weight excluding hydrogens is 361 g/mol. The van der Waals surface area contributed by atoms with Gasteiger partial charge in [-0.05, 0) is 41.9 Å². The Bertz CT molecular complexity index is 959. The largest absolute Gasteiger partial charge is 0.364 e. The predicted octanol–water partition coefficient (Wildman–Crippen LogP) is 3.14. The van der Waals surface area contributed by atoms with Gasteiger partial charge in [0.1, 0.15) is 5.82 Å². The fraction of sp³-hybridized carbons (Fsp3) is 0.176. The summed E-state index contributed by atoms with van der Waals surface area (Å²) >= 11 is 0. The molecule has 3 aromatic rings. The number of ether oxygens (including phenoxy) is 1. The molecule has 0 amide bonds. The standard InChI is InChI=1S/C17H16FN3O4S/c1-2-24-15(12-8-10-13(18)11-9-12)16-19-17(20-25-16)21-26(22,23)14-6-4-3-5-7-14/h3-11,15H,2H2,1H3,(H,20,21). The van der Waals surface area contributed by atoms with Gasteiger partial charge in [-0.15, -0.1) is 0 Å². The number of nitrogens with zero attached hydrogens (tertiary/aromatic N) is 2. The molecule has 0 aliphatic rings. The topological polar surface area (TPSA) is 94.3 Å². The van der Waals surface area contributed by atoms with Gasteiger partial charge in [-0.1, -0.05) is 30.3 Å². The minimum absolute atomic E-state index is 0.0595. The third-order valence-corrected chi connectivity index (χ3v) is 4.80. The summed E-state index contributed by atoms with van der Waals surface area (Å²) < 4.78 is 50.7. The number of rotatable bonds is 7. The maximum atomic E-state index is 13.1. The quantitative estimate of drug-likeness (QED) is 0.680. The van der Waals surface area contributed by atoms with Crippen LogP contribution >= 0.6 is 0 Å². The van der Waals surface area contributed by atoms with E-state index in [-0.39, 0.29) is 22.6 Å². The lowest BCUT2D eigenvalue weighted by molar-refractivity contribution is 0.0667. The fourth-order valence-corrected chi connectivity index (χ4v) is 3.23. The molecule has 1 unspecified atom stereocenters. The van der Waals surface area contributed by atoms with Gasteiger partial charge >= 0.3 is 0 Å². The average molecular weight is 377 g/mol. The fourth-order valence-electron chi connectivity index (χ4n) is 2.28. The molecule has 1 heterocycles. The first-order chi connectivity index (χ1) is 12.5. The van der Waals surface area contributed by atoms with Crippen molar-refractivity contribution in [1.82, 2.24) is 10.1 Å². The molecule has 3 rings (SSSR count). The van der Waals surface area contributed by atoms with Crippen molar-refractivity contribution in [2.45, 2.75) is 17.9 Å². The second-order valence-electron chi connectivity index (χ2n) is 5.26. The zero-order chi connectivity index (χ0) is 18.6. The summed E-state index contributed by atoms with van der Waals surface area (Å²) in [5, 5.41) is 3.64. The lowest BCUT2D eigenvalue weighted by atomic mass is 10.1. The van der Waals surface area contributed by atoms with E-state index in [1.807, 2.05) is 0 Å². The van der Waals surface area contributed by atoms with Crippen LogP contribution in [-0.4, -0.2) is 25.2 Å². The van der Waals surface area contributed by atoms with Crippen LogP contribution in [0.3, 0.4) is 0 Å². The van der Waals surface area contributed by atoms with Crippen LogP contribution in [-0.2, 0) is 14.8 Å². The molecule has 0 bridgehead atoms. The molecule has 0 radical (unpaired) electrons. The molecular formula is C17H16FN3O4S. The molecule has 26 heavy (non-hydrogen) atoms. The summed E-state index contributed by atoms with van der Waals surface area (Å²) in [6.45, 7) is 2.13. The highest BCUT2D eigenvalue weighted by molar-refractivity contribution is 7.92. The van der Waals surface area contributed by atoms with Crippen LogP contribution in [0.25, 0.3) is 0 Å². The summed E-state index contributed by atoms with van der Waals surface area (Å²) in [5.74, 6) is -0.536. The SMILES string of the molecule is CCOC(c1ccc(F)cc1)c1nc(NS(=O)(=O)c2ccccc2)no1. The van der Waals surface area contributed by atoms with Gasteiger partial charge in [0.2, 0.25) is 0 Å². The number of hydrogen-bond acceptors (Lipinski definition) is 6. The Kier molecular flexibility index (Phi) is 5.29. The molecule has 136 valence electrons. The van der Waals surface area contributed by atoms with Gasteiger partial charge in [0.15, 0.2) is 6.10 Å². The highest BCUT2D eigenvalue weighted by Crippen LogP contribution is 2.26. The normalized spacial score (nSPS) is 12.7. The number of benzene rings is 2. The Labute approximate surface area is 149 Å². The number of aromatic nitrogens is 2. The van der Waals surface area contributed by atoms with E-state index < -0.39 is 16.1 Å². The second-order valence-corrected chi connectivity index (χ2v) is 6.94. The van der Waals surface area contributed by atoms with Crippen LogP contribution in [0.1, 0.15) is 24.5 Å². The first-order valence-electron chi connectivity index (χ1n) is 7.78. The van der Waals surface area contributed by atoms with Crippen molar-refractivity contribution in [3.8, 4) is 0 Å². The average Bonchev–Trinajstić information content (AvgIpc) is 3.09. The summed E-state index contributed by atoms with van der Waals surface area (Å²) in [4.78, 5) is 4.13. The number of sulfonamides is 1. The molecule has 0 aliphatic heterocycles. The van der Waals surface area contributed by atoms with Gasteiger partial charge in [-0.2, -0.15) is 4.98 Å². The Balaban J connectivity index is 1.84. The zero-order valence-corrected chi connectivity index (χ0v) is 14.6. The molecule has 1 atom stereocenters. The van der Waals surface area contributed by atoms with Crippen molar-refractivity contribution in [2.24, 2.45) is 0 Å². The van der Waals surface area contributed by atoms with E-state index in [2.05, 4.69) is 14.9 Å². The summed E-state index contributed by atoms with van der Waals surface area (Å²) in [6.07, 6.45) is -0.733. The summed E-state index contributed by atoms with van der Waals surface area (Å²) in [7, 11) is -3.83. The van der Waals surface area contributed by atoms with Crippen molar-refractivity contribution in [2.75, 3.05) is 11.3 Å². The van der Waals surface area contributed by atoms with Crippen LogP contribution in [0.5, 0.6) is 0 Å². The van der Waals surface area contributed by atoms with E-state index in [1.54, 1.807) is 25.1 Å². The maximum absolute atomic E-state index is 13.1. The molecule has 0 saturated carbocycles. The molecule has 2 aromatic carbocycles. The molecule has 0 aliphatic carbocycles. The third kappa shape index (κ3) is 4.06. The highest BCUT2D eigenvalue weighted by Gasteiger charge is 2.24. The molecule has 9 heteroatoms. The maximum Gasteiger partial charge on any atom is 0.277 e. The van der Waals surface area contributed by atoms with E-state index in [1.165, 1.54) is 36.4 Å². The predicted molar refractivity (Wildman–Crippen MR) is 91.4 cm³/mol. The lowest BCUT2D eigenvalue weighted by Crippen LogP contribution is -2.14. The molecule has 1 N–H and O–H groups in total. The zero-order valence-electron chi connectivity index (χ0n) is 13.8. The van der Waals surface area contributed by atoms with Gasteiger partial charge < -0.3 is 9.26 Å². The van der Waals surface area contributed by atoms with Crippen molar-refractivity contribution in [1.29, 1.82) is 0 Å². The monoisotopic (exact) mass is 377 g/mol. The van der Waals surface area contributed by atoms with Crippen LogP contribution in [0.2, 0.25) is 0 Å². The van der Waals surface area contributed by atoms with E-state index in [4.69, 9.17) is 9.26 Å². The van der Waals surface area contributed by atoms with Crippen LogP contribution in [0.15, 0.2) is 64.0 Å². The number of hydrogen-bond donors (Lipinski definition) is 1. The second kappa shape index (κ2) is 7.63. The first-order valence-corrected chi connectivity index (χ1v) is 9.26. The summed E-state index contributed by atoms with van der Waals surface area (Å²) in [5.41, 5.74) is 0.606. The summed E-state index contributed by atoms with van der Waals surface area (Å²) in [6, 6.07) is 13.5. The molecule has 1 aromatic heterocycles. The Morgan fingerprint density at radius 1 is 1.15 bits per heavy atom. The minimum atomic E-state index is -3.83. The first kappa shape index (κ1) is 18.0. The molecule has 0 fully saturated rings. The third-order valence-electron chi connectivity index (χ3n) is 3.45. The Hall–Kier alpha value is -2.78. The van der Waals surface area contributed by atoms with Crippen molar-refractivity contribution in [3.63, 3.8) is 0 Å². The molecule has 7 nitrogen and oxygen atoms in total. The minimum Gasteiger partial charge on any atom is -0.364 e. The van der Waals surface area contributed by atoms with E-state index in [0.717, 1.165) is 0 Å². The van der Waals surface area contributed by atoms with Crippen molar-refractivity contribution >= 4 is 16.0 Å². The van der Waals surface area contributed by atoms with Gasteiger partial charge in [0.05, 0.1) is 4.90 Å². The van der Waals surface area contributed by atoms with Gasteiger partial charge in [-0.25, -0.2) is 17.5 Å². The van der Waals surface area contributed by atoms with Gasteiger partial charge in [0, 0.05) is 6.61 Å². The Morgan fingerprint density at radius 2 is 1.85 bits per heavy atom. The molecule has 0 spiro atoms. The smallest absolute Gasteiger partial charge is 0.277 e. The van der Waals surface area contributed by atoms with Gasteiger partial charge in [-0.3, -0.25) is 0 Å². The Morgan fingerprint density at radius 3 is 2.50 bits per heavy atom. The number of anilines is 1. The van der Waals surface area contributed by atoms with E-state index in [0.29, 0.717) is 12.2 Å². The highest BCUT2D eigenvalue weighted by atomic mass is 32.2. The van der Waals surface area contributed by atoms with Crippen LogP contribution in [0.4, 0.5) is 10.3 Å². The van der Waals surface area contributed by atoms with E-state index in [9.17, 15) is 12.8 Å². The number of nitrogens with one attached hydrogen (secondary N) is 1. The van der Waals surface area contributed by atoms with Gasteiger partial charge in [0.25, 0.3) is 21.9 Å². The van der Waals surface area contributed by atoms with E-state index >= 15 is 0 Å². The van der Waals surface area contributed by atoms with Crippen LogP contribution in [0, 0.1) is 5.82 Å². The van der Waals surface area contributed by atoms with Crippen molar-refractivity contribution < 1.29 is 22.1 Å². The van der Waals surface area contributed by atoms with Crippen LogP contribution < -0.4 is 4.72 Å². The van der Waals surface area contributed by atoms with Crippen molar-refractivity contribution in [3.05, 3.63) is 71.9 Å². The number of halogens is 1. The lowest BCUT2D eigenvalue weighted by Gasteiger charge is -2.12.